The van der Waals surface area contributed by atoms with Crippen molar-refractivity contribution in [3.63, 3.8) is 0 Å². The molecule has 0 aliphatic heterocycles. The molecule has 0 bridgehead atoms. The number of rotatable bonds is 4. The van der Waals surface area contributed by atoms with Crippen molar-refractivity contribution in [3.8, 4) is 0 Å². The fourth-order valence-corrected chi connectivity index (χ4v) is 0.824. The SMILES string of the molecule is CC/C=C/C=C(\Br)C(=O)OCC. The molecule has 0 atom stereocenters. The Balaban J connectivity index is 3.99. The van der Waals surface area contributed by atoms with Crippen molar-refractivity contribution < 1.29 is 9.53 Å². The minimum atomic E-state index is -0.321. The average Bonchev–Trinajstić information content (AvgIpc) is 2.05. The van der Waals surface area contributed by atoms with Crippen LogP contribution in [0.1, 0.15) is 20.3 Å². The van der Waals surface area contributed by atoms with Crippen LogP contribution in [-0.4, -0.2) is 12.6 Å². The Labute approximate surface area is 81.4 Å². The highest BCUT2D eigenvalue weighted by Crippen LogP contribution is 2.07. The Morgan fingerprint density at radius 2 is 2.17 bits per heavy atom. The van der Waals surface area contributed by atoms with Gasteiger partial charge >= 0.3 is 5.97 Å². The maximum absolute atomic E-state index is 11.0. The van der Waals surface area contributed by atoms with Crippen LogP contribution in [-0.2, 0) is 9.53 Å². The third-order valence-electron chi connectivity index (χ3n) is 1.08. The summed E-state index contributed by atoms with van der Waals surface area (Å²) >= 11 is 3.11. The van der Waals surface area contributed by atoms with E-state index < -0.39 is 0 Å². The van der Waals surface area contributed by atoms with Crippen LogP contribution in [0.15, 0.2) is 22.7 Å². The first-order valence-corrected chi connectivity index (χ1v) is 4.71. The van der Waals surface area contributed by atoms with Gasteiger partial charge in [-0.2, -0.15) is 0 Å². The van der Waals surface area contributed by atoms with Gasteiger partial charge in [0.15, 0.2) is 0 Å². The third-order valence-corrected chi connectivity index (χ3v) is 1.67. The lowest BCUT2D eigenvalue weighted by Crippen LogP contribution is -2.02. The molecular formula is C9H13BrO2. The summed E-state index contributed by atoms with van der Waals surface area (Å²) in [6, 6.07) is 0. The molecule has 0 fully saturated rings. The molecular weight excluding hydrogens is 220 g/mol. The molecule has 0 spiro atoms. The third kappa shape index (κ3) is 5.13. The van der Waals surface area contributed by atoms with Crippen LogP contribution in [0.5, 0.6) is 0 Å². The van der Waals surface area contributed by atoms with Gasteiger partial charge in [-0.3, -0.25) is 0 Å². The minimum absolute atomic E-state index is 0.321. The molecule has 0 saturated carbocycles. The summed E-state index contributed by atoms with van der Waals surface area (Å²) in [5, 5.41) is 0. The molecule has 0 radical (unpaired) electrons. The van der Waals surface area contributed by atoms with Gasteiger partial charge in [0.1, 0.15) is 4.48 Å². The minimum Gasteiger partial charge on any atom is -0.462 e. The molecule has 0 aromatic carbocycles. The van der Waals surface area contributed by atoms with Gasteiger partial charge in [-0.05, 0) is 35.4 Å². The second kappa shape index (κ2) is 7.10. The number of esters is 1. The van der Waals surface area contributed by atoms with Gasteiger partial charge in [0.25, 0.3) is 0 Å². The summed E-state index contributed by atoms with van der Waals surface area (Å²) in [6.07, 6.45) is 6.42. The highest BCUT2D eigenvalue weighted by atomic mass is 79.9. The van der Waals surface area contributed by atoms with Gasteiger partial charge in [-0.25, -0.2) is 4.79 Å². The Kier molecular flexibility index (Phi) is 6.76. The zero-order chi connectivity index (χ0) is 9.40. The van der Waals surface area contributed by atoms with Gasteiger partial charge in [0.05, 0.1) is 6.61 Å². The largest absolute Gasteiger partial charge is 0.462 e. The summed E-state index contributed by atoms with van der Waals surface area (Å²) in [5.74, 6) is -0.321. The van der Waals surface area contributed by atoms with Crippen LogP contribution < -0.4 is 0 Å². The van der Waals surface area contributed by atoms with Gasteiger partial charge in [0.2, 0.25) is 0 Å². The number of hydrogen-bond donors (Lipinski definition) is 0. The first-order chi connectivity index (χ1) is 5.72. The van der Waals surface area contributed by atoms with Crippen LogP contribution in [0.25, 0.3) is 0 Å². The van der Waals surface area contributed by atoms with Crippen molar-refractivity contribution in [3.05, 3.63) is 22.7 Å². The predicted octanol–water partition coefficient (Wildman–Crippen LogP) is 2.79. The van der Waals surface area contributed by atoms with E-state index in [4.69, 9.17) is 4.74 Å². The summed E-state index contributed by atoms with van der Waals surface area (Å²) < 4.78 is 5.20. The number of halogens is 1. The standard InChI is InChI=1S/C9H13BrO2/c1-3-5-6-7-8(10)9(11)12-4-2/h5-7H,3-4H2,1-2H3/b6-5+,8-7-. The predicted molar refractivity (Wildman–Crippen MR) is 53.1 cm³/mol. The molecule has 0 rings (SSSR count). The summed E-state index contributed by atoms with van der Waals surface area (Å²) in [4.78, 5) is 11.0. The average molecular weight is 233 g/mol. The monoisotopic (exact) mass is 232 g/mol. The maximum Gasteiger partial charge on any atom is 0.345 e. The summed E-state index contributed by atoms with van der Waals surface area (Å²) in [7, 11) is 0. The second-order valence-corrected chi connectivity index (χ2v) is 2.93. The van der Waals surface area contributed by atoms with E-state index in [1.165, 1.54) is 0 Å². The number of carbonyl (C=O) groups excluding carboxylic acids is 1. The van der Waals surface area contributed by atoms with Crippen LogP contribution in [0, 0.1) is 0 Å². The van der Waals surface area contributed by atoms with Crippen LogP contribution in [0.3, 0.4) is 0 Å². The molecule has 0 aliphatic rings. The second-order valence-electron chi connectivity index (χ2n) is 2.07. The van der Waals surface area contributed by atoms with E-state index in [0.29, 0.717) is 11.1 Å². The van der Waals surface area contributed by atoms with E-state index in [0.717, 1.165) is 6.42 Å². The quantitative estimate of drug-likeness (QED) is 0.424. The number of hydrogen-bond acceptors (Lipinski definition) is 2. The zero-order valence-electron chi connectivity index (χ0n) is 7.34. The van der Waals surface area contributed by atoms with Gasteiger partial charge < -0.3 is 4.74 Å². The van der Waals surface area contributed by atoms with Gasteiger partial charge in [-0.15, -0.1) is 0 Å². The van der Waals surface area contributed by atoms with Gasteiger partial charge in [0, 0.05) is 0 Å². The molecule has 0 N–H and O–H groups in total. The summed E-state index contributed by atoms with van der Waals surface area (Å²) in [5.41, 5.74) is 0. The molecule has 0 heterocycles. The molecule has 0 saturated heterocycles. The topological polar surface area (TPSA) is 26.3 Å². The lowest BCUT2D eigenvalue weighted by Gasteiger charge is -1.97. The van der Waals surface area contributed by atoms with E-state index in [9.17, 15) is 4.79 Å². The highest BCUT2D eigenvalue weighted by Gasteiger charge is 2.03. The molecule has 12 heavy (non-hydrogen) atoms. The van der Waals surface area contributed by atoms with Crippen LogP contribution in [0.4, 0.5) is 0 Å². The number of carbonyl (C=O) groups is 1. The smallest absolute Gasteiger partial charge is 0.345 e. The van der Waals surface area contributed by atoms with Crippen molar-refractivity contribution >= 4 is 21.9 Å². The number of allylic oxidation sites excluding steroid dienone is 3. The zero-order valence-corrected chi connectivity index (χ0v) is 8.93. The van der Waals surface area contributed by atoms with Crippen molar-refractivity contribution in [1.29, 1.82) is 0 Å². The van der Waals surface area contributed by atoms with Crippen molar-refractivity contribution in [2.45, 2.75) is 20.3 Å². The Bertz CT molecular complexity index is 195. The van der Waals surface area contributed by atoms with Gasteiger partial charge in [-0.1, -0.05) is 19.1 Å². The molecule has 3 heteroatoms. The van der Waals surface area contributed by atoms with E-state index in [1.54, 1.807) is 13.0 Å². The van der Waals surface area contributed by atoms with E-state index in [1.807, 2.05) is 19.1 Å². The van der Waals surface area contributed by atoms with E-state index >= 15 is 0 Å². The Morgan fingerprint density at radius 1 is 1.50 bits per heavy atom. The first-order valence-electron chi connectivity index (χ1n) is 3.91. The molecule has 68 valence electrons. The van der Waals surface area contributed by atoms with Crippen molar-refractivity contribution in [1.82, 2.24) is 0 Å². The Morgan fingerprint density at radius 3 is 2.67 bits per heavy atom. The van der Waals surface area contributed by atoms with Crippen molar-refractivity contribution in [2.24, 2.45) is 0 Å². The Hall–Kier alpha value is -0.570. The first kappa shape index (κ1) is 11.4. The molecule has 0 amide bonds. The van der Waals surface area contributed by atoms with Crippen LogP contribution in [0.2, 0.25) is 0 Å². The fourth-order valence-electron chi connectivity index (χ4n) is 0.557. The maximum atomic E-state index is 11.0. The highest BCUT2D eigenvalue weighted by molar-refractivity contribution is 9.12. The lowest BCUT2D eigenvalue weighted by atomic mass is 10.4. The molecule has 0 aromatic rings. The number of ether oxygens (including phenoxy) is 1. The normalized spacial score (nSPS) is 12.1. The fraction of sp³-hybridized carbons (Fsp3) is 0.444. The van der Waals surface area contributed by atoms with E-state index in [-0.39, 0.29) is 5.97 Å². The molecule has 0 unspecified atom stereocenters. The molecule has 0 aliphatic carbocycles. The molecule has 0 aromatic heterocycles. The van der Waals surface area contributed by atoms with Crippen molar-refractivity contribution in [2.75, 3.05) is 6.61 Å². The lowest BCUT2D eigenvalue weighted by molar-refractivity contribution is -0.137. The van der Waals surface area contributed by atoms with Crippen LogP contribution >= 0.6 is 15.9 Å². The van der Waals surface area contributed by atoms with E-state index in [2.05, 4.69) is 15.9 Å². The summed E-state index contributed by atoms with van der Waals surface area (Å²) in [6.45, 7) is 4.21. The molecule has 2 nitrogen and oxygen atoms in total.